The number of nitrogens with zero attached hydrogens (tertiary/aromatic N) is 2. The molecule has 1 saturated heterocycles. The van der Waals surface area contributed by atoms with Crippen LogP contribution >= 0.6 is 0 Å². The van der Waals surface area contributed by atoms with Crippen molar-refractivity contribution in [3.05, 3.63) is 69.8 Å². The summed E-state index contributed by atoms with van der Waals surface area (Å²) in [4.78, 5) is 25.6. The number of hydrogen-bond acceptors (Lipinski definition) is 4. The van der Waals surface area contributed by atoms with Crippen molar-refractivity contribution in [2.75, 3.05) is 18.0 Å². The van der Waals surface area contributed by atoms with Crippen molar-refractivity contribution >= 4 is 17.3 Å². The molecule has 0 aromatic heterocycles. The number of carbonyl (C=O) groups excluding carboxylic acids is 1. The molecule has 0 aliphatic carbocycles. The van der Waals surface area contributed by atoms with E-state index in [0.717, 1.165) is 31.5 Å². The molecule has 1 aliphatic heterocycles. The van der Waals surface area contributed by atoms with Crippen LogP contribution in [0.25, 0.3) is 0 Å². The number of anilines is 1. The summed E-state index contributed by atoms with van der Waals surface area (Å²) in [6, 6.07) is 14.3. The van der Waals surface area contributed by atoms with Gasteiger partial charge in [0.15, 0.2) is 0 Å². The molecule has 2 aromatic rings. The van der Waals surface area contributed by atoms with Crippen molar-refractivity contribution in [2.45, 2.75) is 26.3 Å². The second kappa shape index (κ2) is 7.99. The Morgan fingerprint density at radius 3 is 2.73 bits per heavy atom. The maximum atomic E-state index is 12.4. The first-order chi connectivity index (χ1) is 12.5. The normalized spacial score (nSPS) is 17.0. The maximum Gasteiger partial charge on any atom is 0.293 e. The molecule has 2 aromatic carbocycles. The Kier molecular flexibility index (Phi) is 5.51. The monoisotopic (exact) mass is 353 g/mol. The minimum atomic E-state index is -0.400. The third kappa shape index (κ3) is 4.20. The van der Waals surface area contributed by atoms with E-state index in [9.17, 15) is 14.9 Å². The maximum absolute atomic E-state index is 12.4. The van der Waals surface area contributed by atoms with E-state index in [1.165, 1.54) is 6.07 Å². The number of carbonyl (C=O) groups is 1. The Bertz CT molecular complexity index is 792. The van der Waals surface area contributed by atoms with Crippen molar-refractivity contribution < 1.29 is 9.72 Å². The smallest absolute Gasteiger partial charge is 0.293 e. The van der Waals surface area contributed by atoms with Crippen LogP contribution in [-0.2, 0) is 6.54 Å². The third-order valence-electron chi connectivity index (χ3n) is 4.73. The lowest BCUT2D eigenvalue weighted by atomic mass is 9.99. The van der Waals surface area contributed by atoms with Crippen LogP contribution in [0, 0.1) is 16.0 Å². The van der Waals surface area contributed by atoms with Crippen LogP contribution in [0.5, 0.6) is 0 Å². The minimum Gasteiger partial charge on any atom is -0.366 e. The van der Waals surface area contributed by atoms with Gasteiger partial charge in [0.2, 0.25) is 0 Å². The highest BCUT2D eigenvalue weighted by Crippen LogP contribution is 2.32. The van der Waals surface area contributed by atoms with Gasteiger partial charge in [-0.25, -0.2) is 0 Å². The van der Waals surface area contributed by atoms with E-state index in [2.05, 4.69) is 17.1 Å². The van der Waals surface area contributed by atoms with Gasteiger partial charge >= 0.3 is 0 Å². The molecule has 0 radical (unpaired) electrons. The van der Waals surface area contributed by atoms with Gasteiger partial charge in [0, 0.05) is 31.3 Å². The Morgan fingerprint density at radius 1 is 1.27 bits per heavy atom. The molecule has 26 heavy (non-hydrogen) atoms. The summed E-state index contributed by atoms with van der Waals surface area (Å²) in [7, 11) is 0. The van der Waals surface area contributed by atoms with E-state index in [0.29, 0.717) is 23.7 Å². The number of nitro groups is 1. The van der Waals surface area contributed by atoms with Crippen molar-refractivity contribution in [1.82, 2.24) is 5.32 Å². The van der Waals surface area contributed by atoms with Gasteiger partial charge in [-0.05, 0) is 36.5 Å². The SMILES string of the molecule is C[C@H]1CCCN(c2ccc(C(=O)NCc3ccccc3)cc2[N+](=O)[O-])C1. The lowest BCUT2D eigenvalue weighted by Gasteiger charge is -2.32. The van der Waals surface area contributed by atoms with E-state index < -0.39 is 4.92 Å². The third-order valence-corrected chi connectivity index (χ3v) is 4.73. The molecular formula is C20H23N3O3. The molecule has 1 aliphatic rings. The first-order valence-corrected chi connectivity index (χ1v) is 8.90. The highest BCUT2D eigenvalue weighted by atomic mass is 16.6. The van der Waals surface area contributed by atoms with E-state index in [-0.39, 0.29) is 11.6 Å². The van der Waals surface area contributed by atoms with Gasteiger partial charge in [-0.3, -0.25) is 14.9 Å². The Morgan fingerprint density at radius 2 is 2.04 bits per heavy atom. The molecule has 6 heteroatoms. The first-order valence-electron chi connectivity index (χ1n) is 8.90. The molecule has 0 bridgehead atoms. The van der Waals surface area contributed by atoms with Gasteiger partial charge < -0.3 is 10.2 Å². The molecule has 6 nitrogen and oxygen atoms in total. The largest absolute Gasteiger partial charge is 0.366 e. The van der Waals surface area contributed by atoms with E-state index in [1.807, 2.05) is 30.3 Å². The van der Waals surface area contributed by atoms with Gasteiger partial charge in [-0.1, -0.05) is 37.3 Å². The zero-order valence-electron chi connectivity index (χ0n) is 14.9. The second-order valence-electron chi connectivity index (χ2n) is 6.82. The number of nitrogens with one attached hydrogen (secondary N) is 1. The average molecular weight is 353 g/mol. The van der Waals surface area contributed by atoms with Gasteiger partial charge in [-0.15, -0.1) is 0 Å². The average Bonchev–Trinajstić information content (AvgIpc) is 2.66. The Labute approximate surface area is 153 Å². The molecule has 3 rings (SSSR count). The number of hydrogen-bond donors (Lipinski definition) is 1. The highest BCUT2D eigenvalue weighted by Gasteiger charge is 2.25. The molecule has 0 unspecified atom stereocenters. The van der Waals surface area contributed by atoms with Crippen LogP contribution in [0.15, 0.2) is 48.5 Å². The minimum absolute atomic E-state index is 0.00791. The first kappa shape index (κ1) is 17.9. The topological polar surface area (TPSA) is 75.5 Å². The van der Waals surface area contributed by atoms with Crippen molar-refractivity contribution in [1.29, 1.82) is 0 Å². The van der Waals surface area contributed by atoms with E-state index >= 15 is 0 Å². The second-order valence-corrected chi connectivity index (χ2v) is 6.82. The summed E-state index contributed by atoms with van der Waals surface area (Å²) < 4.78 is 0. The lowest BCUT2D eigenvalue weighted by Crippen LogP contribution is -2.34. The number of nitro benzene ring substituents is 1. The summed E-state index contributed by atoms with van der Waals surface area (Å²) in [6.45, 7) is 4.16. The molecule has 1 heterocycles. The summed E-state index contributed by atoms with van der Waals surface area (Å²) in [5.74, 6) is 0.202. The fraction of sp³-hybridized carbons (Fsp3) is 0.350. The van der Waals surface area contributed by atoms with E-state index in [1.54, 1.807) is 12.1 Å². The number of rotatable bonds is 5. The van der Waals surface area contributed by atoms with Gasteiger partial charge in [0.05, 0.1) is 4.92 Å². The number of benzene rings is 2. The molecule has 0 spiro atoms. The van der Waals surface area contributed by atoms with Crippen molar-refractivity contribution in [2.24, 2.45) is 5.92 Å². The molecule has 1 fully saturated rings. The van der Waals surface area contributed by atoms with Crippen LogP contribution in [0.3, 0.4) is 0 Å². The molecule has 136 valence electrons. The molecular weight excluding hydrogens is 330 g/mol. The van der Waals surface area contributed by atoms with Crippen LogP contribution in [-0.4, -0.2) is 23.9 Å². The number of piperidine rings is 1. The molecule has 1 atom stereocenters. The summed E-state index contributed by atoms with van der Waals surface area (Å²) in [5, 5.41) is 14.4. The zero-order chi connectivity index (χ0) is 18.5. The van der Waals surface area contributed by atoms with Crippen molar-refractivity contribution in [3.8, 4) is 0 Å². The van der Waals surface area contributed by atoms with Crippen LogP contribution in [0.4, 0.5) is 11.4 Å². The van der Waals surface area contributed by atoms with Gasteiger partial charge in [0.25, 0.3) is 11.6 Å². The zero-order valence-corrected chi connectivity index (χ0v) is 14.9. The molecule has 0 saturated carbocycles. The van der Waals surface area contributed by atoms with Crippen molar-refractivity contribution in [3.63, 3.8) is 0 Å². The fourth-order valence-electron chi connectivity index (χ4n) is 3.37. The quantitative estimate of drug-likeness (QED) is 0.656. The van der Waals surface area contributed by atoms with Gasteiger partial charge in [-0.2, -0.15) is 0 Å². The van der Waals surface area contributed by atoms with Crippen LogP contribution in [0.2, 0.25) is 0 Å². The summed E-state index contributed by atoms with van der Waals surface area (Å²) in [5.41, 5.74) is 1.88. The molecule has 1 N–H and O–H groups in total. The summed E-state index contributed by atoms with van der Waals surface area (Å²) in [6.07, 6.45) is 2.17. The predicted octanol–water partition coefficient (Wildman–Crippen LogP) is 3.76. The Hall–Kier alpha value is -2.89. The van der Waals surface area contributed by atoms with E-state index in [4.69, 9.17) is 0 Å². The highest BCUT2D eigenvalue weighted by molar-refractivity contribution is 5.95. The number of amides is 1. The predicted molar refractivity (Wildman–Crippen MR) is 101 cm³/mol. The lowest BCUT2D eigenvalue weighted by molar-refractivity contribution is -0.384. The fourth-order valence-corrected chi connectivity index (χ4v) is 3.37. The van der Waals surface area contributed by atoms with Gasteiger partial charge in [0.1, 0.15) is 5.69 Å². The Balaban J connectivity index is 1.77. The standard InChI is InChI=1S/C20H23N3O3/c1-15-6-5-11-22(14-15)18-10-9-17(12-19(18)23(25)26)20(24)21-13-16-7-3-2-4-8-16/h2-4,7-10,12,15H,5-6,11,13-14H2,1H3,(H,21,24)/t15-/m0/s1. The van der Waals surface area contributed by atoms with Crippen LogP contribution in [0.1, 0.15) is 35.7 Å². The summed E-state index contributed by atoms with van der Waals surface area (Å²) >= 11 is 0. The van der Waals surface area contributed by atoms with Crippen LogP contribution < -0.4 is 10.2 Å². The molecule has 1 amide bonds.